The molecular weight excluding hydrogens is 223 g/mol. The summed E-state index contributed by atoms with van der Waals surface area (Å²) in [5, 5.41) is 3.36. The van der Waals surface area contributed by atoms with Crippen LogP contribution < -0.4 is 5.32 Å². The summed E-state index contributed by atoms with van der Waals surface area (Å²) in [6.07, 6.45) is 4.15. The van der Waals surface area contributed by atoms with Gasteiger partial charge >= 0.3 is 0 Å². The maximum absolute atomic E-state index is 13.1. The highest BCUT2D eigenvalue weighted by molar-refractivity contribution is 7.99. The third kappa shape index (κ3) is 4.49. The predicted octanol–water partition coefficient (Wildman–Crippen LogP) is 3.01. The maximum Gasteiger partial charge on any atom is 0.141 e. The first kappa shape index (κ1) is 13.5. The van der Waals surface area contributed by atoms with Crippen molar-refractivity contribution in [3.63, 3.8) is 0 Å². The first-order valence-corrected chi connectivity index (χ1v) is 6.85. The van der Waals surface area contributed by atoms with Crippen LogP contribution in [0, 0.1) is 5.82 Å². The highest BCUT2D eigenvalue weighted by Crippen LogP contribution is 2.18. The van der Waals surface area contributed by atoms with Gasteiger partial charge in [0.1, 0.15) is 5.82 Å². The van der Waals surface area contributed by atoms with Gasteiger partial charge in [0.15, 0.2) is 0 Å². The molecular formula is C12H19FN2S. The van der Waals surface area contributed by atoms with Gasteiger partial charge in [-0.2, -0.15) is 11.8 Å². The highest BCUT2D eigenvalue weighted by atomic mass is 32.2. The van der Waals surface area contributed by atoms with Gasteiger partial charge in [-0.15, -0.1) is 0 Å². The molecule has 90 valence electrons. The SMILES string of the molecule is CCCSCC(NCC)c1cncc(F)c1. The number of thioether (sulfide) groups is 1. The van der Waals surface area contributed by atoms with Crippen LogP contribution in [0.25, 0.3) is 0 Å². The molecule has 1 unspecified atom stereocenters. The molecule has 0 radical (unpaired) electrons. The molecule has 0 saturated carbocycles. The van der Waals surface area contributed by atoms with Crippen LogP contribution in [0.1, 0.15) is 31.9 Å². The molecule has 0 aliphatic carbocycles. The predicted molar refractivity (Wildman–Crippen MR) is 68.2 cm³/mol. The summed E-state index contributed by atoms with van der Waals surface area (Å²) in [6, 6.07) is 1.76. The zero-order chi connectivity index (χ0) is 11.8. The lowest BCUT2D eigenvalue weighted by Gasteiger charge is -2.17. The van der Waals surface area contributed by atoms with Crippen LogP contribution in [0.15, 0.2) is 18.5 Å². The second kappa shape index (κ2) is 7.63. The number of hydrogen-bond donors (Lipinski definition) is 1. The number of nitrogens with one attached hydrogen (secondary N) is 1. The Morgan fingerprint density at radius 3 is 2.88 bits per heavy atom. The fourth-order valence-electron chi connectivity index (χ4n) is 1.48. The number of halogens is 1. The van der Waals surface area contributed by atoms with E-state index in [0.717, 1.165) is 23.6 Å². The number of pyridine rings is 1. The molecule has 4 heteroatoms. The minimum absolute atomic E-state index is 0.199. The maximum atomic E-state index is 13.1. The van der Waals surface area contributed by atoms with Crippen LogP contribution in [0.4, 0.5) is 4.39 Å². The van der Waals surface area contributed by atoms with Gasteiger partial charge in [-0.25, -0.2) is 4.39 Å². The van der Waals surface area contributed by atoms with Crippen molar-refractivity contribution in [1.82, 2.24) is 10.3 Å². The van der Waals surface area contributed by atoms with Gasteiger partial charge in [0, 0.05) is 18.0 Å². The summed E-state index contributed by atoms with van der Waals surface area (Å²) in [7, 11) is 0. The van der Waals surface area contributed by atoms with Crippen molar-refractivity contribution in [2.75, 3.05) is 18.1 Å². The first-order chi connectivity index (χ1) is 7.77. The normalized spacial score (nSPS) is 12.7. The van der Waals surface area contributed by atoms with Gasteiger partial charge in [-0.3, -0.25) is 4.98 Å². The van der Waals surface area contributed by atoms with E-state index < -0.39 is 0 Å². The molecule has 1 N–H and O–H groups in total. The molecule has 0 spiro atoms. The van der Waals surface area contributed by atoms with E-state index in [-0.39, 0.29) is 11.9 Å². The van der Waals surface area contributed by atoms with Crippen molar-refractivity contribution in [3.8, 4) is 0 Å². The summed E-state index contributed by atoms with van der Waals surface area (Å²) in [5.74, 6) is 1.85. The fourth-order valence-corrected chi connectivity index (χ4v) is 2.49. The van der Waals surface area contributed by atoms with Crippen molar-refractivity contribution in [3.05, 3.63) is 29.8 Å². The standard InChI is InChI=1S/C12H19FN2S/c1-3-5-16-9-12(15-4-2)10-6-11(13)8-14-7-10/h6-8,12,15H,3-5,9H2,1-2H3. The zero-order valence-corrected chi connectivity index (χ0v) is 10.7. The monoisotopic (exact) mass is 242 g/mol. The van der Waals surface area contributed by atoms with Gasteiger partial charge in [-0.1, -0.05) is 13.8 Å². The minimum Gasteiger partial charge on any atom is -0.309 e. The molecule has 0 aliphatic rings. The molecule has 0 aromatic carbocycles. The third-order valence-corrected chi connectivity index (χ3v) is 3.48. The van der Waals surface area contributed by atoms with Crippen LogP contribution in [0.3, 0.4) is 0 Å². The summed E-state index contributed by atoms with van der Waals surface area (Å²) in [4.78, 5) is 3.89. The zero-order valence-electron chi connectivity index (χ0n) is 9.87. The van der Waals surface area contributed by atoms with Crippen LogP contribution in [0.5, 0.6) is 0 Å². The van der Waals surface area contributed by atoms with Crippen LogP contribution >= 0.6 is 11.8 Å². The van der Waals surface area contributed by atoms with E-state index in [9.17, 15) is 4.39 Å². The van der Waals surface area contributed by atoms with Crippen LogP contribution in [-0.4, -0.2) is 23.0 Å². The summed E-state index contributed by atoms with van der Waals surface area (Å²) in [6.45, 7) is 5.11. The van der Waals surface area contributed by atoms with E-state index in [2.05, 4.69) is 24.1 Å². The molecule has 0 bridgehead atoms. The molecule has 1 aromatic heterocycles. The van der Waals surface area contributed by atoms with Gasteiger partial charge < -0.3 is 5.32 Å². The van der Waals surface area contributed by atoms with Crippen molar-refractivity contribution in [1.29, 1.82) is 0 Å². The second-order valence-corrected chi connectivity index (χ2v) is 4.77. The Morgan fingerprint density at radius 2 is 2.25 bits per heavy atom. The number of rotatable bonds is 7. The molecule has 0 saturated heterocycles. The van der Waals surface area contributed by atoms with Crippen molar-refractivity contribution in [2.24, 2.45) is 0 Å². The van der Waals surface area contributed by atoms with E-state index >= 15 is 0 Å². The Kier molecular flexibility index (Phi) is 6.42. The summed E-state index contributed by atoms with van der Waals surface area (Å²) in [5.41, 5.74) is 0.936. The number of hydrogen-bond acceptors (Lipinski definition) is 3. The first-order valence-electron chi connectivity index (χ1n) is 5.69. The van der Waals surface area contributed by atoms with Gasteiger partial charge in [-0.05, 0) is 30.3 Å². The van der Waals surface area contributed by atoms with Crippen molar-refractivity contribution in [2.45, 2.75) is 26.3 Å². The third-order valence-electron chi connectivity index (χ3n) is 2.21. The number of aromatic nitrogens is 1. The molecule has 0 fully saturated rings. The second-order valence-electron chi connectivity index (χ2n) is 3.62. The van der Waals surface area contributed by atoms with E-state index in [1.54, 1.807) is 12.3 Å². The molecule has 1 rings (SSSR count). The number of nitrogens with zero attached hydrogens (tertiary/aromatic N) is 1. The molecule has 2 nitrogen and oxygen atoms in total. The lowest BCUT2D eigenvalue weighted by atomic mass is 10.1. The topological polar surface area (TPSA) is 24.9 Å². The molecule has 0 aliphatic heterocycles. The quantitative estimate of drug-likeness (QED) is 0.744. The van der Waals surface area contributed by atoms with E-state index in [4.69, 9.17) is 0 Å². The lowest BCUT2D eigenvalue weighted by molar-refractivity contribution is 0.582. The Morgan fingerprint density at radius 1 is 1.44 bits per heavy atom. The van der Waals surface area contributed by atoms with E-state index in [1.165, 1.54) is 12.6 Å². The lowest BCUT2D eigenvalue weighted by Crippen LogP contribution is -2.23. The Labute approximate surface area is 101 Å². The summed E-state index contributed by atoms with van der Waals surface area (Å²) < 4.78 is 13.1. The minimum atomic E-state index is -0.263. The van der Waals surface area contributed by atoms with Crippen molar-refractivity contribution < 1.29 is 4.39 Å². The van der Waals surface area contributed by atoms with E-state index in [0.29, 0.717) is 0 Å². The molecule has 0 amide bonds. The molecule has 1 aromatic rings. The van der Waals surface area contributed by atoms with Gasteiger partial charge in [0.2, 0.25) is 0 Å². The Bertz CT molecular complexity index is 307. The van der Waals surface area contributed by atoms with E-state index in [1.807, 2.05) is 11.8 Å². The average Bonchev–Trinajstić information content (AvgIpc) is 2.28. The Hall–Kier alpha value is -0.610. The van der Waals surface area contributed by atoms with Gasteiger partial charge in [0.25, 0.3) is 0 Å². The van der Waals surface area contributed by atoms with Crippen LogP contribution in [0.2, 0.25) is 0 Å². The summed E-state index contributed by atoms with van der Waals surface area (Å²) >= 11 is 1.89. The van der Waals surface area contributed by atoms with Crippen molar-refractivity contribution >= 4 is 11.8 Å². The largest absolute Gasteiger partial charge is 0.309 e. The van der Waals surface area contributed by atoms with Gasteiger partial charge in [0.05, 0.1) is 6.20 Å². The highest BCUT2D eigenvalue weighted by Gasteiger charge is 2.11. The Balaban J connectivity index is 2.61. The molecule has 1 heterocycles. The average molecular weight is 242 g/mol. The smallest absolute Gasteiger partial charge is 0.141 e. The molecule has 1 atom stereocenters. The van der Waals surface area contributed by atoms with Crippen LogP contribution in [-0.2, 0) is 0 Å². The fraction of sp³-hybridized carbons (Fsp3) is 0.583. The molecule has 16 heavy (non-hydrogen) atoms.